The lowest BCUT2D eigenvalue weighted by Crippen LogP contribution is -2.41. The Hall–Kier alpha value is -2.16. The lowest BCUT2D eigenvalue weighted by atomic mass is 10.1. The first-order valence-corrected chi connectivity index (χ1v) is 12.1. The van der Waals surface area contributed by atoms with Gasteiger partial charge in [0.1, 0.15) is 0 Å². The molecule has 2 aromatic carbocycles. The standard InChI is InChI=1S/C20H24N2O4S2/c1-17-7-5-6-15-22(17)28(25,26)20-12-10-19(11-13-20)21-27(23,24)16-14-18-8-3-2-4-9-18/h2-4,8-14,16-17,21H,5-7,15H2,1H3/b16-14+. The van der Waals surface area contributed by atoms with E-state index in [0.29, 0.717) is 12.2 Å². The Bertz CT molecular complexity index is 1030. The zero-order valence-electron chi connectivity index (χ0n) is 15.7. The molecule has 8 heteroatoms. The normalized spacial score (nSPS) is 19.0. The molecule has 6 nitrogen and oxygen atoms in total. The van der Waals surface area contributed by atoms with Crippen LogP contribution in [0.3, 0.4) is 0 Å². The van der Waals surface area contributed by atoms with Crippen molar-refractivity contribution in [2.45, 2.75) is 37.1 Å². The van der Waals surface area contributed by atoms with Crippen molar-refractivity contribution in [3.05, 3.63) is 65.6 Å². The monoisotopic (exact) mass is 420 g/mol. The zero-order valence-corrected chi connectivity index (χ0v) is 17.3. The van der Waals surface area contributed by atoms with E-state index in [1.807, 2.05) is 25.1 Å². The van der Waals surface area contributed by atoms with E-state index < -0.39 is 20.0 Å². The number of nitrogens with zero attached hydrogens (tertiary/aromatic N) is 1. The number of sulfonamides is 2. The van der Waals surface area contributed by atoms with Gasteiger partial charge in [-0.3, -0.25) is 4.72 Å². The Balaban J connectivity index is 1.73. The Labute approximate surface area is 167 Å². The van der Waals surface area contributed by atoms with Crippen molar-refractivity contribution in [1.29, 1.82) is 0 Å². The molecule has 0 amide bonds. The van der Waals surface area contributed by atoms with Gasteiger partial charge < -0.3 is 0 Å². The molecule has 0 saturated carbocycles. The molecule has 2 aromatic rings. The third kappa shape index (κ3) is 5.01. The predicted octanol–water partition coefficient (Wildman–Crippen LogP) is 3.66. The van der Waals surface area contributed by atoms with Crippen LogP contribution in [-0.4, -0.2) is 33.7 Å². The van der Waals surface area contributed by atoms with E-state index in [9.17, 15) is 16.8 Å². The van der Waals surface area contributed by atoms with Gasteiger partial charge in [-0.05, 0) is 55.7 Å². The van der Waals surface area contributed by atoms with Crippen LogP contribution in [-0.2, 0) is 20.0 Å². The van der Waals surface area contributed by atoms with Crippen molar-refractivity contribution in [3.8, 4) is 0 Å². The summed E-state index contributed by atoms with van der Waals surface area (Å²) in [7, 11) is -7.28. The first-order valence-electron chi connectivity index (χ1n) is 9.16. The van der Waals surface area contributed by atoms with Gasteiger partial charge >= 0.3 is 0 Å². The molecule has 1 aliphatic rings. The van der Waals surface area contributed by atoms with E-state index in [4.69, 9.17) is 0 Å². The third-order valence-electron chi connectivity index (χ3n) is 4.70. The summed E-state index contributed by atoms with van der Waals surface area (Å²) >= 11 is 0. The van der Waals surface area contributed by atoms with Gasteiger partial charge in [-0.2, -0.15) is 4.31 Å². The number of anilines is 1. The summed E-state index contributed by atoms with van der Waals surface area (Å²) in [5, 5.41) is 1.09. The van der Waals surface area contributed by atoms with Crippen LogP contribution < -0.4 is 4.72 Å². The van der Waals surface area contributed by atoms with E-state index in [-0.39, 0.29) is 10.9 Å². The fourth-order valence-electron chi connectivity index (χ4n) is 3.19. The maximum Gasteiger partial charge on any atom is 0.255 e. The highest BCUT2D eigenvalue weighted by Gasteiger charge is 2.30. The van der Waals surface area contributed by atoms with Crippen LogP contribution in [0, 0.1) is 0 Å². The Kier molecular flexibility index (Phi) is 6.22. The molecule has 1 aliphatic heterocycles. The Morgan fingerprint density at radius 1 is 0.964 bits per heavy atom. The summed E-state index contributed by atoms with van der Waals surface area (Å²) in [6.45, 7) is 2.43. The molecular weight excluding hydrogens is 396 g/mol. The molecule has 1 atom stereocenters. The van der Waals surface area contributed by atoms with Gasteiger partial charge in [-0.15, -0.1) is 0 Å². The summed E-state index contributed by atoms with van der Waals surface area (Å²) in [6.07, 6.45) is 4.24. The smallest absolute Gasteiger partial charge is 0.255 e. The lowest BCUT2D eigenvalue weighted by molar-refractivity contribution is 0.268. The second-order valence-electron chi connectivity index (χ2n) is 6.85. The van der Waals surface area contributed by atoms with E-state index in [1.165, 1.54) is 34.6 Å². The summed E-state index contributed by atoms with van der Waals surface area (Å²) < 4.78 is 54.1. The molecule has 28 heavy (non-hydrogen) atoms. The van der Waals surface area contributed by atoms with Crippen molar-refractivity contribution in [2.24, 2.45) is 0 Å². The maximum absolute atomic E-state index is 12.8. The molecular formula is C20H24N2O4S2. The minimum Gasteiger partial charge on any atom is -0.280 e. The van der Waals surface area contributed by atoms with Crippen LogP contribution in [0.2, 0.25) is 0 Å². The minimum absolute atomic E-state index is 0.0277. The largest absolute Gasteiger partial charge is 0.280 e. The Morgan fingerprint density at radius 2 is 1.64 bits per heavy atom. The van der Waals surface area contributed by atoms with Crippen LogP contribution in [0.15, 0.2) is 64.9 Å². The van der Waals surface area contributed by atoms with Gasteiger partial charge in [0.05, 0.1) is 10.3 Å². The number of nitrogens with one attached hydrogen (secondary N) is 1. The minimum atomic E-state index is -3.70. The Morgan fingerprint density at radius 3 is 2.29 bits per heavy atom. The van der Waals surface area contributed by atoms with Crippen LogP contribution in [0.1, 0.15) is 31.7 Å². The lowest BCUT2D eigenvalue weighted by Gasteiger charge is -2.32. The van der Waals surface area contributed by atoms with E-state index in [1.54, 1.807) is 12.1 Å². The van der Waals surface area contributed by atoms with Crippen LogP contribution in [0.25, 0.3) is 6.08 Å². The summed E-state index contributed by atoms with van der Waals surface area (Å²) in [6, 6.07) is 14.9. The van der Waals surface area contributed by atoms with Crippen LogP contribution in [0.4, 0.5) is 5.69 Å². The molecule has 0 radical (unpaired) electrons. The molecule has 1 N–H and O–H groups in total. The number of benzene rings is 2. The number of rotatable bonds is 6. The highest BCUT2D eigenvalue weighted by molar-refractivity contribution is 7.95. The number of piperidine rings is 1. The molecule has 0 spiro atoms. The second kappa shape index (κ2) is 8.46. The first kappa shape index (κ1) is 20.6. The predicted molar refractivity (Wildman–Crippen MR) is 112 cm³/mol. The topological polar surface area (TPSA) is 83.6 Å². The van der Waals surface area contributed by atoms with Gasteiger partial charge in [0.25, 0.3) is 10.0 Å². The van der Waals surface area contributed by atoms with Gasteiger partial charge in [0.2, 0.25) is 10.0 Å². The summed E-state index contributed by atoms with van der Waals surface area (Å²) in [5.74, 6) is 0. The first-order chi connectivity index (χ1) is 13.3. The molecule has 150 valence electrons. The fourth-order valence-corrected chi connectivity index (χ4v) is 5.76. The van der Waals surface area contributed by atoms with Crippen LogP contribution in [0.5, 0.6) is 0 Å². The molecule has 0 aliphatic carbocycles. The molecule has 0 bridgehead atoms. The molecule has 3 rings (SSSR count). The van der Waals surface area contributed by atoms with Gasteiger partial charge in [0, 0.05) is 18.3 Å². The molecule has 1 unspecified atom stereocenters. The highest BCUT2D eigenvalue weighted by atomic mass is 32.2. The number of hydrogen-bond acceptors (Lipinski definition) is 4. The van der Waals surface area contributed by atoms with E-state index >= 15 is 0 Å². The average Bonchev–Trinajstić information content (AvgIpc) is 2.68. The molecule has 0 aromatic heterocycles. The maximum atomic E-state index is 12.8. The number of hydrogen-bond donors (Lipinski definition) is 1. The summed E-state index contributed by atoms with van der Waals surface area (Å²) in [5.41, 5.74) is 1.08. The quantitative estimate of drug-likeness (QED) is 0.773. The van der Waals surface area contributed by atoms with Crippen molar-refractivity contribution in [1.82, 2.24) is 4.31 Å². The van der Waals surface area contributed by atoms with Gasteiger partial charge in [0.15, 0.2) is 0 Å². The van der Waals surface area contributed by atoms with Gasteiger partial charge in [-0.25, -0.2) is 16.8 Å². The van der Waals surface area contributed by atoms with Crippen LogP contribution >= 0.6 is 0 Å². The SMILES string of the molecule is CC1CCCCN1S(=O)(=O)c1ccc(NS(=O)(=O)/C=C/c2ccccc2)cc1. The third-order valence-corrected chi connectivity index (χ3v) is 7.74. The highest BCUT2D eigenvalue weighted by Crippen LogP contribution is 2.26. The van der Waals surface area contributed by atoms with E-state index in [2.05, 4.69) is 4.72 Å². The molecule has 1 heterocycles. The fraction of sp³-hybridized carbons (Fsp3) is 0.300. The van der Waals surface area contributed by atoms with Gasteiger partial charge in [-0.1, -0.05) is 36.8 Å². The van der Waals surface area contributed by atoms with Crippen molar-refractivity contribution < 1.29 is 16.8 Å². The van der Waals surface area contributed by atoms with Crippen molar-refractivity contribution in [3.63, 3.8) is 0 Å². The molecule has 1 fully saturated rings. The zero-order chi connectivity index (χ0) is 20.2. The molecule has 1 saturated heterocycles. The van der Waals surface area contributed by atoms with Crippen molar-refractivity contribution >= 4 is 31.8 Å². The average molecular weight is 421 g/mol. The van der Waals surface area contributed by atoms with E-state index in [0.717, 1.165) is 30.2 Å². The second-order valence-corrected chi connectivity index (χ2v) is 10.3. The summed E-state index contributed by atoms with van der Waals surface area (Å²) in [4.78, 5) is 0.170. The van der Waals surface area contributed by atoms with Crippen molar-refractivity contribution in [2.75, 3.05) is 11.3 Å².